The van der Waals surface area contributed by atoms with Crippen LogP contribution in [-0.4, -0.2) is 25.7 Å². The number of nitrogens with two attached hydrogens (primary N) is 1. The Labute approximate surface area is 139 Å². The van der Waals surface area contributed by atoms with E-state index in [-0.39, 0.29) is 17.1 Å². The molecule has 1 aromatic carbocycles. The van der Waals surface area contributed by atoms with Gasteiger partial charge in [-0.2, -0.15) is 17.7 Å². The second-order valence-corrected chi connectivity index (χ2v) is 5.30. The number of rotatable bonds is 3. The number of carbonyl (C=O) groups is 1. The summed E-state index contributed by atoms with van der Waals surface area (Å²) in [5, 5.41) is 10.6. The zero-order valence-corrected chi connectivity index (χ0v) is 13.1. The fourth-order valence-electron chi connectivity index (χ4n) is 2.17. The summed E-state index contributed by atoms with van der Waals surface area (Å²) in [4.78, 5) is 11.1. The van der Waals surface area contributed by atoms with E-state index in [1.165, 1.54) is 24.3 Å². The molecule has 0 fully saturated rings. The fourth-order valence-corrected chi connectivity index (χ4v) is 2.17. The molecule has 7 nitrogen and oxygen atoms in total. The van der Waals surface area contributed by atoms with E-state index in [0.29, 0.717) is 21.4 Å². The molecule has 130 valence electrons. The first-order chi connectivity index (χ1) is 11.7. The number of aromatic nitrogens is 4. The highest BCUT2D eigenvalue weighted by Gasteiger charge is 2.38. The molecule has 2 heterocycles. The summed E-state index contributed by atoms with van der Waals surface area (Å²) in [7, 11) is 0. The molecular weight excluding hydrogens is 339 g/mol. The lowest BCUT2D eigenvalue weighted by Gasteiger charge is -2.11. The molecule has 2 aromatic heterocycles. The van der Waals surface area contributed by atoms with Crippen LogP contribution in [0.4, 0.5) is 13.2 Å². The number of halogens is 3. The van der Waals surface area contributed by atoms with E-state index >= 15 is 0 Å². The molecule has 2 N–H and O–H groups in total. The number of nitrogens with zero attached hydrogens (tertiary/aromatic N) is 4. The summed E-state index contributed by atoms with van der Waals surface area (Å²) in [6.45, 7) is 3.25. The van der Waals surface area contributed by atoms with Crippen molar-refractivity contribution in [1.82, 2.24) is 19.8 Å². The van der Waals surface area contributed by atoms with Crippen LogP contribution in [0.15, 0.2) is 24.3 Å². The van der Waals surface area contributed by atoms with Gasteiger partial charge in [0.05, 0.1) is 0 Å². The molecular formula is C15H12F3N5O2. The average molecular weight is 351 g/mol. The SMILES string of the molecule is Cc1c(Oc2ccc(C(N)=O)cc2)nn2c(C(F)(F)F)nnc2c1C. The molecule has 0 atom stereocenters. The third-order valence-electron chi connectivity index (χ3n) is 3.66. The summed E-state index contributed by atoms with van der Waals surface area (Å²) in [5.41, 5.74) is 6.41. The van der Waals surface area contributed by atoms with Gasteiger partial charge in [-0.3, -0.25) is 4.79 Å². The second-order valence-electron chi connectivity index (χ2n) is 5.30. The predicted octanol–water partition coefficient (Wildman–Crippen LogP) is 2.65. The number of aryl methyl sites for hydroxylation is 1. The topological polar surface area (TPSA) is 95.4 Å². The Hall–Kier alpha value is -3.17. The Morgan fingerprint density at radius 1 is 1.12 bits per heavy atom. The zero-order valence-electron chi connectivity index (χ0n) is 13.1. The maximum atomic E-state index is 13.0. The highest BCUT2D eigenvalue weighted by Crippen LogP contribution is 2.31. The molecule has 0 unspecified atom stereocenters. The van der Waals surface area contributed by atoms with Crippen molar-refractivity contribution < 1.29 is 22.7 Å². The minimum Gasteiger partial charge on any atom is -0.437 e. The maximum Gasteiger partial charge on any atom is 0.453 e. The summed E-state index contributed by atoms with van der Waals surface area (Å²) < 4.78 is 45.2. The van der Waals surface area contributed by atoms with E-state index in [4.69, 9.17) is 10.5 Å². The number of fused-ring (bicyclic) bond motifs is 1. The number of carbonyl (C=O) groups excluding carboxylic acids is 1. The van der Waals surface area contributed by atoms with Crippen LogP contribution in [0, 0.1) is 13.8 Å². The van der Waals surface area contributed by atoms with Crippen molar-refractivity contribution in [2.75, 3.05) is 0 Å². The highest BCUT2D eigenvalue weighted by atomic mass is 19.4. The minimum atomic E-state index is -4.70. The quantitative estimate of drug-likeness (QED) is 0.783. The van der Waals surface area contributed by atoms with Gasteiger partial charge in [0.1, 0.15) is 5.75 Å². The molecule has 0 aliphatic carbocycles. The number of alkyl halides is 3. The van der Waals surface area contributed by atoms with Crippen molar-refractivity contribution in [3.8, 4) is 11.6 Å². The first kappa shape index (κ1) is 16.7. The minimum absolute atomic E-state index is 0.00116. The van der Waals surface area contributed by atoms with Crippen molar-refractivity contribution >= 4 is 11.6 Å². The lowest BCUT2D eigenvalue weighted by atomic mass is 10.2. The van der Waals surface area contributed by atoms with Gasteiger partial charge < -0.3 is 10.5 Å². The van der Waals surface area contributed by atoms with Gasteiger partial charge in [-0.25, -0.2) is 0 Å². The Morgan fingerprint density at radius 2 is 1.76 bits per heavy atom. The van der Waals surface area contributed by atoms with E-state index in [1.54, 1.807) is 13.8 Å². The molecule has 0 saturated heterocycles. The fraction of sp³-hybridized carbons (Fsp3) is 0.200. The van der Waals surface area contributed by atoms with Crippen LogP contribution in [-0.2, 0) is 6.18 Å². The monoisotopic (exact) mass is 351 g/mol. The van der Waals surface area contributed by atoms with E-state index in [1.807, 2.05) is 0 Å². The third kappa shape index (κ3) is 2.97. The Kier molecular flexibility index (Phi) is 3.82. The van der Waals surface area contributed by atoms with Gasteiger partial charge in [0.25, 0.3) is 5.82 Å². The van der Waals surface area contributed by atoms with Crippen molar-refractivity contribution in [3.63, 3.8) is 0 Å². The number of hydrogen-bond acceptors (Lipinski definition) is 5. The van der Waals surface area contributed by atoms with Crippen molar-refractivity contribution in [2.45, 2.75) is 20.0 Å². The average Bonchev–Trinajstić information content (AvgIpc) is 2.97. The number of hydrogen-bond donors (Lipinski definition) is 1. The van der Waals surface area contributed by atoms with Gasteiger partial charge in [-0.1, -0.05) is 0 Å². The molecule has 10 heteroatoms. The Morgan fingerprint density at radius 3 is 2.32 bits per heavy atom. The van der Waals surface area contributed by atoms with E-state index in [9.17, 15) is 18.0 Å². The summed E-state index contributed by atoms with van der Waals surface area (Å²) in [6.07, 6.45) is -4.70. The van der Waals surface area contributed by atoms with Crippen molar-refractivity contribution in [1.29, 1.82) is 0 Å². The summed E-state index contributed by atoms with van der Waals surface area (Å²) in [5.74, 6) is -1.57. The molecule has 0 bridgehead atoms. The lowest BCUT2D eigenvalue weighted by molar-refractivity contribution is -0.146. The molecule has 3 aromatic rings. The van der Waals surface area contributed by atoms with Crippen LogP contribution < -0.4 is 10.5 Å². The first-order valence-electron chi connectivity index (χ1n) is 7.06. The third-order valence-corrected chi connectivity index (χ3v) is 3.66. The van der Waals surface area contributed by atoms with Crippen LogP contribution in [0.2, 0.25) is 0 Å². The molecule has 0 saturated carbocycles. The van der Waals surface area contributed by atoms with E-state index in [0.717, 1.165) is 0 Å². The van der Waals surface area contributed by atoms with Crippen LogP contribution >= 0.6 is 0 Å². The van der Waals surface area contributed by atoms with Gasteiger partial charge in [-0.05, 0) is 38.1 Å². The van der Waals surface area contributed by atoms with Gasteiger partial charge in [0, 0.05) is 16.7 Å². The largest absolute Gasteiger partial charge is 0.453 e. The molecule has 25 heavy (non-hydrogen) atoms. The molecule has 1 amide bonds. The molecule has 0 radical (unpaired) electrons. The Bertz CT molecular complexity index is 964. The molecule has 3 rings (SSSR count). The van der Waals surface area contributed by atoms with E-state index in [2.05, 4.69) is 15.3 Å². The number of primary amides is 1. The van der Waals surface area contributed by atoms with Gasteiger partial charge in [0.15, 0.2) is 5.65 Å². The molecule has 0 aliphatic heterocycles. The summed E-state index contributed by atoms with van der Waals surface area (Å²) in [6, 6.07) is 5.83. The van der Waals surface area contributed by atoms with Crippen molar-refractivity contribution in [2.24, 2.45) is 5.73 Å². The Balaban J connectivity index is 2.06. The van der Waals surface area contributed by atoms with Gasteiger partial charge in [-0.15, -0.1) is 15.3 Å². The second kappa shape index (κ2) is 5.72. The first-order valence-corrected chi connectivity index (χ1v) is 7.06. The van der Waals surface area contributed by atoms with Gasteiger partial charge in [0.2, 0.25) is 11.8 Å². The highest BCUT2D eigenvalue weighted by molar-refractivity contribution is 5.92. The standard InChI is InChI=1S/C15H12F3N5O2/c1-7-8(2)13(25-10-5-3-9(4-6-10)11(19)24)22-23-12(7)20-21-14(23)15(16,17)18/h3-6H,1-2H3,(H2,19,24). The lowest BCUT2D eigenvalue weighted by Crippen LogP contribution is -2.13. The normalized spacial score (nSPS) is 11.7. The molecule has 0 aliphatic rings. The zero-order chi connectivity index (χ0) is 18.4. The van der Waals surface area contributed by atoms with Crippen LogP contribution in [0.3, 0.4) is 0 Å². The predicted molar refractivity (Wildman–Crippen MR) is 80.3 cm³/mol. The summed E-state index contributed by atoms with van der Waals surface area (Å²) >= 11 is 0. The van der Waals surface area contributed by atoms with E-state index < -0.39 is 17.9 Å². The maximum absolute atomic E-state index is 13.0. The van der Waals surface area contributed by atoms with Crippen LogP contribution in [0.1, 0.15) is 27.3 Å². The number of amides is 1. The van der Waals surface area contributed by atoms with Gasteiger partial charge >= 0.3 is 6.18 Å². The molecule has 0 spiro atoms. The number of ether oxygens (including phenoxy) is 1. The number of benzene rings is 1. The van der Waals surface area contributed by atoms with Crippen LogP contribution in [0.25, 0.3) is 5.65 Å². The smallest absolute Gasteiger partial charge is 0.437 e. The van der Waals surface area contributed by atoms with Crippen molar-refractivity contribution in [3.05, 3.63) is 46.8 Å². The van der Waals surface area contributed by atoms with Crippen LogP contribution in [0.5, 0.6) is 11.6 Å².